The van der Waals surface area contributed by atoms with Crippen LogP contribution >= 0.6 is 0 Å². The monoisotopic (exact) mass is 284 g/mol. The second-order valence-electron chi connectivity index (χ2n) is 5.34. The van der Waals surface area contributed by atoms with Gasteiger partial charge in [-0.1, -0.05) is 11.6 Å². The Labute approximate surface area is 124 Å². The van der Waals surface area contributed by atoms with E-state index in [0.717, 1.165) is 42.3 Å². The van der Waals surface area contributed by atoms with Crippen LogP contribution in [0.4, 0.5) is 5.82 Å². The maximum Gasteiger partial charge on any atom is 0.148 e. The van der Waals surface area contributed by atoms with Crippen molar-refractivity contribution in [2.24, 2.45) is 0 Å². The number of hydrogen-bond acceptors (Lipinski definition) is 5. The van der Waals surface area contributed by atoms with Gasteiger partial charge in [0.1, 0.15) is 11.6 Å². The average Bonchev–Trinajstić information content (AvgIpc) is 3.01. The summed E-state index contributed by atoms with van der Waals surface area (Å²) in [6, 6.07) is 10.5. The van der Waals surface area contributed by atoms with Crippen LogP contribution in [0, 0.1) is 6.92 Å². The van der Waals surface area contributed by atoms with E-state index in [4.69, 9.17) is 4.74 Å². The zero-order chi connectivity index (χ0) is 14.7. The van der Waals surface area contributed by atoms with Crippen LogP contribution in [0.1, 0.15) is 12.0 Å². The van der Waals surface area contributed by atoms with Crippen molar-refractivity contribution in [3.63, 3.8) is 0 Å². The standard InChI is InChI=1S/C16H20N4O/c1-11-3-5-15(21-2)13(9-11)14-4-6-16(20-19-14)18-12-7-8-17-10-12/h3-6,9,12,17H,7-8,10H2,1-2H3,(H,18,20). The van der Waals surface area contributed by atoms with E-state index in [-0.39, 0.29) is 0 Å². The lowest BCUT2D eigenvalue weighted by Gasteiger charge is -2.12. The lowest BCUT2D eigenvalue weighted by atomic mass is 10.1. The molecule has 2 N–H and O–H groups in total. The molecule has 5 heteroatoms. The molecule has 1 saturated heterocycles. The van der Waals surface area contributed by atoms with Crippen LogP contribution in [0.15, 0.2) is 30.3 Å². The third kappa shape index (κ3) is 3.13. The molecule has 110 valence electrons. The van der Waals surface area contributed by atoms with E-state index < -0.39 is 0 Å². The first-order chi connectivity index (χ1) is 10.3. The zero-order valence-corrected chi connectivity index (χ0v) is 12.4. The number of nitrogens with zero attached hydrogens (tertiary/aromatic N) is 2. The molecule has 1 aromatic heterocycles. The van der Waals surface area contributed by atoms with Gasteiger partial charge in [-0.25, -0.2) is 0 Å². The number of benzene rings is 1. The van der Waals surface area contributed by atoms with E-state index in [2.05, 4.69) is 33.8 Å². The number of aryl methyl sites for hydroxylation is 1. The summed E-state index contributed by atoms with van der Waals surface area (Å²) in [5.74, 6) is 1.63. The SMILES string of the molecule is COc1ccc(C)cc1-c1ccc(NC2CCNC2)nn1. The van der Waals surface area contributed by atoms with Crippen LogP contribution in [0.2, 0.25) is 0 Å². The molecule has 0 saturated carbocycles. The Kier molecular flexibility index (Phi) is 4.01. The van der Waals surface area contributed by atoms with Crippen molar-refractivity contribution >= 4 is 5.82 Å². The molecule has 1 aliphatic heterocycles. The van der Waals surface area contributed by atoms with Crippen molar-refractivity contribution in [2.45, 2.75) is 19.4 Å². The molecule has 2 aromatic rings. The number of methoxy groups -OCH3 is 1. The van der Waals surface area contributed by atoms with Gasteiger partial charge in [0.15, 0.2) is 0 Å². The molecule has 0 bridgehead atoms. The van der Waals surface area contributed by atoms with Gasteiger partial charge in [0.25, 0.3) is 0 Å². The normalized spacial score (nSPS) is 17.7. The van der Waals surface area contributed by atoms with Gasteiger partial charge in [-0.05, 0) is 44.2 Å². The molecule has 1 unspecified atom stereocenters. The van der Waals surface area contributed by atoms with Crippen LogP contribution in [0.5, 0.6) is 5.75 Å². The molecule has 1 aliphatic rings. The van der Waals surface area contributed by atoms with Gasteiger partial charge >= 0.3 is 0 Å². The summed E-state index contributed by atoms with van der Waals surface area (Å²) in [6.07, 6.45) is 1.12. The number of ether oxygens (including phenoxy) is 1. The highest BCUT2D eigenvalue weighted by atomic mass is 16.5. The Bertz CT molecular complexity index is 606. The van der Waals surface area contributed by atoms with Crippen molar-refractivity contribution in [1.82, 2.24) is 15.5 Å². The molecule has 1 fully saturated rings. The summed E-state index contributed by atoms with van der Waals surface area (Å²) >= 11 is 0. The first kappa shape index (κ1) is 13.8. The molecule has 1 atom stereocenters. The van der Waals surface area contributed by atoms with E-state index in [0.29, 0.717) is 6.04 Å². The van der Waals surface area contributed by atoms with Gasteiger partial charge < -0.3 is 15.4 Å². The highest BCUT2D eigenvalue weighted by Gasteiger charge is 2.15. The van der Waals surface area contributed by atoms with Crippen LogP contribution in [-0.2, 0) is 0 Å². The van der Waals surface area contributed by atoms with Crippen molar-refractivity contribution < 1.29 is 4.74 Å². The Morgan fingerprint density at radius 3 is 2.81 bits per heavy atom. The molecular weight excluding hydrogens is 264 g/mol. The number of hydrogen-bond donors (Lipinski definition) is 2. The van der Waals surface area contributed by atoms with Gasteiger partial charge in [-0.3, -0.25) is 0 Å². The number of nitrogens with one attached hydrogen (secondary N) is 2. The van der Waals surface area contributed by atoms with Gasteiger partial charge in [-0.2, -0.15) is 0 Å². The fraction of sp³-hybridized carbons (Fsp3) is 0.375. The summed E-state index contributed by atoms with van der Waals surface area (Å²) in [5.41, 5.74) is 2.97. The fourth-order valence-electron chi connectivity index (χ4n) is 2.56. The van der Waals surface area contributed by atoms with E-state index >= 15 is 0 Å². The minimum Gasteiger partial charge on any atom is -0.496 e. The molecule has 3 rings (SSSR count). The third-order valence-electron chi connectivity index (χ3n) is 3.71. The predicted octanol–water partition coefficient (Wildman–Crippen LogP) is 2.23. The molecule has 1 aromatic carbocycles. The number of rotatable bonds is 4. The van der Waals surface area contributed by atoms with Crippen LogP contribution < -0.4 is 15.4 Å². The second-order valence-corrected chi connectivity index (χ2v) is 5.34. The van der Waals surface area contributed by atoms with Crippen molar-refractivity contribution in [3.05, 3.63) is 35.9 Å². The molecule has 2 heterocycles. The lowest BCUT2D eigenvalue weighted by molar-refractivity contribution is 0.416. The van der Waals surface area contributed by atoms with E-state index in [1.165, 1.54) is 5.56 Å². The minimum absolute atomic E-state index is 0.443. The second kappa shape index (κ2) is 6.10. The maximum atomic E-state index is 5.40. The summed E-state index contributed by atoms with van der Waals surface area (Å²) in [4.78, 5) is 0. The lowest BCUT2D eigenvalue weighted by Crippen LogP contribution is -2.22. The molecule has 0 radical (unpaired) electrons. The highest BCUT2D eigenvalue weighted by molar-refractivity contribution is 5.68. The van der Waals surface area contributed by atoms with Gasteiger partial charge in [-0.15, -0.1) is 10.2 Å². The molecule has 0 aliphatic carbocycles. The Hall–Kier alpha value is -2.14. The first-order valence-electron chi connectivity index (χ1n) is 7.22. The largest absolute Gasteiger partial charge is 0.496 e. The van der Waals surface area contributed by atoms with Gasteiger partial charge in [0, 0.05) is 18.2 Å². The van der Waals surface area contributed by atoms with E-state index in [1.807, 2.05) is 24.3 Å². The topological polar surface area (TPSA) is 59.1 Å². The average molecular weight is 284 g/mol. The minimum atomic E-state index is 0.443. The Morgan fingerprint density at radius 2 is 2.14 bits per heavy atom. The van der Waals surface area contributed by atoms with E-state index in [9.17, 15) is 0 Å². The predicted molar refractivity (Wildman–Crippen MR) is 83.7 cm³/mol. The quantitative estimate of drug-likeness (QED) is 0.901. The zero-order valence-electron chi connectivity index (χ0n) is 12.4. The van der Waals surface area contributed by atoms with Crippen molar-refractivity contribution in [3.8, 4) is 17.0 Å². The number of aromatic nitrogens is 2. The third-order valence-corrected chi connectivity index (χ3v) is 3.71. The molecule has 5 nitrogen and oxygen atoms in total. The van der Waals surface area contributed by atoms with Crippen LogP contribution in [-0.4, -0.2) is 36.4 Å². The summed E-state index contributed by atoms with van der Waals surface area (Å²) in [5, 5.41) is 15.3. The summed E-state index contributed by atoms with van der Waals surface area (Å²) in [7, 11) is 1.67. The molecule has 0 spiro atoms. The Balaban J connectivity index is 1.81. The highest BCUT2D eigenvalue weighted by Crippen LogP contribution is 2.29. The van der Waals surface area contributed by atoms with E-state index in [1.54, 1.807) is 7.11 Å². The van der Waals surface area contributed by atoms with Gasteiger partial charge in [0.05, 0.1) is 12.8 Å². The number of anilines is 1. The van der Waals surface area contributed by atoms with Crippen LogP contribution in [0.3, 0.4) is 0 Å². The maximum absolute atomic E-state index is 5.40. The van der Waals surface area contributed by atoms with Crippen molar-refractivity contribution in [2.75, 3.05) is 25.5 Å². The fourth-order valence-corrected chi connectivity index (χ4v) is 2.56. The first-order valence-corrected chi connectivity index (χ1v) is 7.22. The summed E-state index contributed by atoms with van der Waals surface area (Å²) in [6.45, 7) is 4.10. The van der Waals surface area contributed by atoms with Gasteiger partial charge in [0.2, 0.25) is 0 Å². The summed E-state index contributed by atoms with van der Waals surface area (Å²) < 4.78 is 5.40. The molecular formula is C16H20N4O. The van der Waals surface area contributed by atoms with Crippen LogP contribution in [0.25, 0.3) is 11.3 Å². The Morgan fingerprint density at radius 1 is 1.24 bits per heavy atom. The molecule has 21 heavy (non-hydrogen) atoms. The molecule has 0 amide bonds. The smallest absolute Gasteiger partial charge is 0.148 e. The van der Waals surface area contributed by atoms with Crippen molar-refractivity contribution in [1.29, 1.82) is 0 Å².